The molecule has 1 saturated carbocycles. The Labute approximate surface area is 173 Å². The van der Waals surface area contributed by atoms with E-state index >= 15 is 0 Å². The van der Waals surface area contributed by atoms with Gasteiger partial charge in [0.2, 0.25) is 5.95 Å². The molecule has 3 N–H and O–H groups in total. The maximum atomic E-state index is 11.0. The smallest absolute Gasteiger partial charge is 0.222 e. The van der Waals surface area contributed by atoms with Crippen LogP contribution >= 0.6 is 0 Å². The van der Waals surface area contributed by atoms with E-state index in [1.807, 2.05) is 37.3 Å². The molecule has 4 aromatic heterocycles. The summed E-state index contributed by atoms with van der Waals surface area (Å²) in [6.45, 7) is 2.22. The van der Waals surface area contributed by atoms with Crippen LogP contribution in [0.3, 0.4) is 0 Å². The molecule has 0 atom stereocenters. The first-order chi connectivity index (χ1) is 14.5. The van der Waals surface area contributed by atoms with E-state index in [2.05, 4.69) is 20.3 Å². The van der Waals surface area contributed by atoms with Crippen molar-refractivity contribution in [1.29, 1.82) is 0 Å². The molecule has 0 amide bonds. The lowest BCUT2D eigenvalue weighted by molar-refractivity contribution is -0.00480. The van der Waals surface area contributed by atoms with Gasteiger partial charge in [-0.05, 0) is 44.0 Å². The normalized spacial score (nSPS) is 16.2. The summed E-state index contributed by atoms with van der Waals surface area (Å²) in [5.74, 6) is 1.45. The summed E-state index contributed by atoms with van der Waals surface area (Å²) in [6.07, 6.45) is 4.67. The highest BCUT2D eigenvalue weighted by Crippen LogP contribution is 2.36. The lowest BCUT2D eigenvalue weighted by Crippen LogP contribution is -2.29. The summed E-state index contributed by atoms with van der Waals surface area (Å²) in [5.41, 5.74) is 8.11. The molecule has 0 bridgehead atoms. The number of aromatic nitrogens is 6. The van der Waals surface area contributed by atoms with Gasteiger partial charge in [0.05, 0.1) is 17.9 Å². The van der Waals surface area contributed by atoms with Crippen LogP contribution in [-0.4, -0.2) is 35.1 Å². The van der Waals surface area contributed by atoms with E-state index in [0.29, 0.717) is 34.9 Å². The number of furan rings is 1. The summed E-state index contributed by atoms with van der Waals surface area (Å²) in [7, 11) is 0. The minimum Gasteiger partial charge on any atom is -0.460 e. The Morgan fingerprint density at radius 3 is 2.70 bits per heavy atom. The van der Waals surface area contributed by atoms with Crippen LogP contribution in [0.15, 0.2) is 34.7 Å². The van der Waals surface area contributed by atoms with Crippen LogP contribution in [0, 0.1) is 6.92 Å². The zero-order valence-electron chi connectivity index (χ0n) is 16.7. The number of hydrogen-bond acceptors (Lipinski definition) is 8. The molecule has 4 aromatic rings. The second kappa shape index (κ2) is 7.17. The van der Waals surface area contributed by atoms with E-state index in [9.17, 15) is 5.11 Å². The van der Waals surface area contributed by atoms with Crippen molar-refractivity contribution in [3.8, 4) is 11.5 Å². The number of aliphatic hydroxyl groups is 1. The average molecular weight is 405 g/mol. The van der Waals surface area contributed by atoms with E-state index in [1.165, 1.54) is 0 Å². The molecule has 30 heavy (non-hydrogen) atoms. The highest BCUT2D eigenvalue weighted by Gasteiger charge is 2.32. The van der Waals surface area contributed by atoms with E-state index in [1.54, 1.807) is 4.68 Å². The first kappa shape index (κ1) is 18.7. The standard InChI is InChI=1S/C21H23N7O2/c1-13-8-9-15(30-13)17-18-19(25-20(22)24-17)28(27-26-18)12-14-6-5-7-16(23-14)21(29)10-3-2-4-11-21/h5-9,29H,2-4,10-12H2,1H3,(H2,22,24,25). The van der Waals surface area contributed by atoms with Gasteiger partial charge in [-0.2, -0.15) is 4.98 Å². The fourth-order valence-electron chi connectivity index (χ4n) is 4.09. The van der Waals surface area contributed by atoms with Gasteiger partial charge in [0.15, 0.2) is 16.9 Å². The fourth-order valence-corrected chi connectivity index (χ4v) is 4.09. The van der Waals surface area contributed by atoms with Crippen LogP contribution in [0.1, 0.15) is 49.3 Å². The largest absolute Gasteiger partial charge is 0.460 e. The van der Waals surface area contributed by atoms with E-state index < -0.39 is 5.60 Å². The fraction of sp³-hybridized carbons (Fsp3) is 0.381. The lowest BCUT2D eigenvalue weighted by Gasteiger charge is -2.31. The molecule has 0 aromatic carbocycles. The van der Waals surface area contributed by atoms with Crippen molar-refractivity contribution < 1.29 is 9.52 Å². The van der Waals surface area contributed by atoms with Gasteiger partial charge in [0.1, 0.15) is 17.1 Å². The van der Waals surface area contributed by atoms with Gasteiger partial charge in [-0.15, -0.1) is 5.10 Å². The second-order valence-corrected chi connectivity index (χ2v) is 7.87. The number of fused-ring (bicyclic) bond motifs is 1. The molecule has 9 nitrogen and oxygen atoms in total. The third-order valence-electron chi connectivity index (χ3n) is 5.63. The van der Waals surface area contributed by atoms with Gasteiger partial charge in [-0.25, -0.2) is 9.67 Å². The van der Waals surface area contributed by atoms with Gasteiger partial charge in [-0.3, -0.25) is 4.98 Å². The molecule has 5 rings (SSSR count). The molecule has 154 valence electrons. The third-order valence-corrected chi connectivity index (χ3v) is 5.63. The molecule has 0 spiro atoms. The zero-order valence-corrected chi connectivity index (χ0v) is 16.7. The highest BCUT2D eigenvalue weighted by molar-refractivity contribution is 5.86. The third kappa shape index (κ3) is 3.30. The molecular weight excluding hydrogens is 382 g/mol. The van der Waals surface area contributed by atoms with Gasteiger partial charge in [-0.1, -0.05) is 30.5 Å². The van der Waals surface area contributed by atoms with Crippen LogP contribution in [0.2, 0.25) is 0 Å². The Morgan fingerprint density at radius 2 is 1.93 bits per heavy atom. The van der Waals surface area contributed by atoms with Gasteiger partial charge in [0, 0.05) is 0 Å². The van der Waals surface area contributed by atoms with Crippen molar-refractivity contribution in [2.24, 2.45) is 0 Å². The predicted octanol–water partition coefficient (Wildman–Crippen LogP) is 2.97. The van der Waals surface area contributed by atoms with Crippen molar-refractivity contribution >= 4 is 17.1 Å². The molecule has 4 heterocycles. The van der Waals surface area contributed by atoms with Crippen molar-refractivity contribution in [3.05, 3.63) is 47.5 Å². The van der Waals surface area contributed by atoms with E-state index in [-0.39, 0.29) is 5.95 Å². The second-order valence-electron chi connectivity index (χ2n) is 7.87. The molecule has 0 aliphatic heterocycles. The van der Waals surface area contributed by atoms with Crippen molar-refractivity contribution in [2.75, 3.05) is 5.73 Å². The molecule has 0 radical (unpaired) electrons. The first-order valence-electron chi connectivity index (χ1n) is 10.1. The molecule has 0 saturated heterocycles. The maximum Gasteiger partial charge on any atom is 0.222 e. The number of anilines is 1. The summed E-state index contributed by atoms with van der Waals surface area (Å²) in [5, 5.41) is 19.5. The summed E-state index contributed by atoms with van der Waals surface area (Å²) in [4.78, 5) is 13.4. The SMILES string of the molecule is Cc1ccc(-c2nc(N)nc3c2nnn3Cc2cccc(C3(O)CCCCC3)n2)o1. The lowest BCUT2D eigenvalue weighted by atomic mass is 9.82. The van der Waals surface area contributed by atoms with Crippen molar-refractivity contribution in [2.45, 2.75) is 51.2 Å². The minimum absolute atomic E-state index is 0.119. The molecule has 1 aliphatic rings. The number of rotatable bonds is 4. The van der Waals surface area contributed by atoms with E-state index in [0.717, 1.165) is 43.6 Å². The Hall–Kier alpha value is -3.33. The minimum atomic E-state index is -0.852. The topological polar surface area (TPSA) is 129 Å². The molecule has 1 aliphatic carbocycles. The van der Waals surface area contributed by atoms with Crippen molar-refractivity contribution in [3.63, 3.8) is 0 Å². The van der Waals surface area contributed by atoms with Crippen LogP contribution in [-0.2, 0) is 12.1 Å². The Balaban J connectivity index is 1.51. The van der Waals surface area contributed by atoms with Gasteiger partial charge in [0.25, 0.3) is 0 Å². The monoisotopic (exact) mass is 405 g/mol. The molecule has 9 heteroatoms. The van der Waals surface area contributed by atoms with Crippen molar-refractivity contribution in [1.82, 2.24) is 29.9 Å². The quantitative estimate of drug-likeness (QED) is 0.530. The predicted molar refractivity (Wildman–Crippen MR) is 110 cm³/mol. The summed E-state index contributed by atoms with van der Waals surface area (Å²) < 4.78 is 7.33. The maximum absolute atomic E-state index is 11.0. The van der Waals surface area contributed by atoms with Crippen LogP contribution in [0.5, 0.6) is 0 Å². The number of aryl methyl sites for hydroxylation is 1. The first-order valence-corrected chi connectivity index (χ1v) is 10.1. The van der Waals surface area contributed by atoms with E-state index in [4.69, 9.17) is 15.1 Å². The van der Waals surface area contributed by atoms with Crippen LogP contribution in [0.4, 0.5) is 5.95 Å². The summed E-state index contributed by atoms with van der Waals surface area (Å²) >= 11 is 0. The zero-order chi connectivity index (χ0) is 20.7. The molecule has 0 unspecified atom stereocenters. The van der Waals surface area contributed by atoms with Gasteiger partial charge >= 0.3 is 0 Å². The van der Waals surface area contributed by atoms with Crippen LogP contribution < -0.4 is 5.73 Å². The Morgan fingerprint density at radius 1 is 1.10 bits per heavy atom. The van der Waals surface area contributed by atoms with Crippen LogP contribution in [0.25, 0.3) is 22.6 Å². The number of pyridine rings is 1. The highest BCUT2D eigenvalue weighted by atomic mass is 16.3. The Kier molecular flexibility index (Phi) is 4.47. The van der Waals surface area contributed by atoms with Gasteiger partial charge < -0.3 is 15.3 Å². The number of nitrogens with zero attached hydrogens (tertiary/aromatic N) is 6. The number of nitrogen functional groups attached to an aromatic ring is 1. The number of hydrogen-bond donors (Lipinski definition) is 2. The molecular formula is C21H23N7O2. The molecule has 1 fully saturated rings. The number of nitrogens with two attached hydrogens (primary N) is 1. The Bertz CT molecular complexity index is 1210. The average Bonchev–Trinajstić information content (AvgIpc) is 3.35. The summed E-state index contributed by atoms with van der Waals surface area (Å²) in [6, 6.07) is 9.40.